The number of pyridine rings is 1. The molecule has 0 saturated carbocycles. The summed E-state index contributed by atoms with van der Waals surface area (Å²) in [7, 11) is 1.48. The summed E-state index contributed by atoms with van der Waals surface area (Å²) >= 11 is 0. The molecule has 5 amide bonds. The van der Waals surface area contributed by atoms with Crippen LogP contribution >= 0.6 is 0 Å². The average molecular weight is 712 g/mol. The molecule has 2 aromatic carbocycles. The number of aromatic nitrogens is 2. The van der Waals surface area contributed by atoms with E-state index in [9.17, 15) is 24.0 Å². The van der Waals surface area contributed by atoms with Gasteiger partial charge in [0.25, 0.3) is 5.91 Å². The van der Waals surface area contributed by atoms with E-state index < -0.39 is 48.3 Å². The molecule has 52 heavy (non-hydrogen) atoms. The van der Waals surface area contributed by atoms with Crippen LogP contribution < -0.4 is 26.0 Å². The number of hydrogen-bond donors (Lipinski definition) is 5. The Kier molecular flexibility index (Phi) is 12.9. The Morgan fingerprint density at radius 3 is 2.54 bits per heavy atom. The number of rotatable bonds is 8. The molecular weight excluding hydrogens is 666 g/mol. The van der Waals surface area contributed by atoms with E-state index in [-0.39, 0.29) is 56.5 Å². The predicted octanol–water partition coefficient (Wildman–Crippen LogP) is 1.76. The SMILES string of the molecule is COCCN1CC(=O)N[C@@H](C(C)C)C(=O)NCCOc2ccc(cc2)C[C@H](NC(=O)c2cccnc2)C(=O)N[C@@H](Cc2c[nH]c3ccccc23)C1=O. The van der Waals surface area contributed by atoms with Gasteiger partial charge < -0.3 is 40.6 Å². The summed E-state index contributed by atoms with van der Waals surface area (Å²) in [5, 5.41) is 12.2. The quantitative estimate of drug-likeness (QED) is 0.171. The molecule has 2 aliphatic heterocycles. The zero-order valence-electron chi connectivity index (χ0n) is 29.5. The van der Waals surface area contributed by atoms with Crippen molar-refractivity contribution < 1.29 is 33.4 Å². The lowest BCUT2D eigenvalue weighted by Crippen LogP contribution is -2.58. The van der Waals surface area contributed by atoms with E-state index in [1.807, 2.05) is 38.1 Å². The Bertz CT molecular complexity index is 1850. The largest absolute Gasteiger partial charge is 0.492 e. The molecule has 0 fully saturated rings. The van der Waals surface area contributed by atoms with Crippen molar-refractivity contribution in [1.82, 2.24) is 36.1 Å². The minimum absolute atomic E-state index is 0.0341. The highest BCUT2D eigenvalue weighted by Crippen LogP contribution is 2.20. The van der Waals surface area contributed by atoms with E-state index in [2.05, 4.69) is 31.2 Å². The molecule has 274 valence electrons. The first-order valence-electron chi connectivity index (χ1n) is 17.3. The molecule has 2 aromatic heterocycles. The van der Waals surface area contributed by atoms with Crippen molar-refractivity contribution in [3.8, 4) is 5.75 Å². The molecule has 2 aliphatic rings. The van der Waals surface area contributed by atoms with Crippen LogP contribution in [0.4, 0.5) is 0 Å². The van der Waals surface area contributed by atoms with Crippen molar-refractivity contribution in [1.29, 1.82) is 0 Å². The molecular formula is C38H45N7O7. The molecule has 2 bridgehead atoms. The van der Waals surface area contributed by atoms with Gasteiger partial charge in [-0.05, 0) is 47.4 Å². The van der Waals surface area contributed by atoms with Gasteiger partial charge in [0.05, 0.1) is 25.3 Å². The smallest absolute Gasteiger partial charge is 0.253 e. The second kappa shape index (κ2) is 17.9. The van der Waals surface area contributed by atoms with E-state index in [1.165, 1.54) is 18.2 Å². The summed E-state index contributed by atoms with van der Waals surface area (Å²) in [5.41, 5.74) is 2.61. The van der Waals surface area contributed by atoms with Gasteiger partial charge in [0.15, 0.2) is 0 Å². The molecule has 0 saturated heterocycles. The number of amides is 5. The van der Waals surface area contributed by atoms with Crippen LogP contribution in [0.3, 0.4) is 0 Å². The van der Waals surface area contributed by atoms with Gasteiger partial charge in [0, 0.05) is 56.0 Å². The number of carbonyl (C=O) groups is 5. The molecule has 0 unspecified atom stereocenters. The number of ether oxygens (including phenoxy) is 2. The van der Waals surface area contributed by atoms with Gasteiger partial charge in [0.2, 0.25) is 23.6 Å². The number of hydrogen-bond acceptors (Lipinski definition) is 8. The summed E-state index contributed by atoms with van der Waals surface area (Å²) in [6, 6.07) is 14.7. The first-order valence-corrected chi connectivity index (χ1v) is 17.3. The van der Waals surface area contributed by atoms with Crippen LogP contribution in [-0.2, 0) is 36.8 Å². The Morgan fingerprint density at radius 2 is 1.81 bits per heavy atom. The van der Waals surface area contributed by atoms with Crippen LogP contribution in [0, 0.1) is 5.92 Å². The van der Waals surface area contributed by atoms with Crippen LogP contribution in [0.25, 0.3) is 10.9 Å². The average Bonchev–Trinajstić information content (AvgIpc) is 3.56. The van der Waals surface area contributed by atoms with E-state index in [0.717, 1.165) is 22.0 Å². The zero-order valence-corrected chi connectivity index (χ0v) is 29.5. The number of methoxy groups -OCH3 is 1. The fraction of sp³-hybridized carbons (Fsp3) is 0.368. The maximum Gasteiger partial charge on any atom is 0.253 e. The van der Waals surface area contributed by atoms with Gasteiger partial charge in [-0.3, -0.25) is 29.0 Å². The van der Waals surface area contributed by atoms with Crippen molar-refractivity contribution in [2.45, 2.75) is 44.8 Å². The van der Waals surface area contributed by atoms with Gasteiger partial charge >= 0.3 is 0 Å². The number of para-hydroxylation sites is 1. The Morgan fingerprint density at radius 1 is 1.02 bits per heavy atom. The molecule has 0 aliphatic carbocycles. The van der Waals surface area contributed by atoms with Crippen LogP contribution in [0.15, 0.2) is 79.3 Å². The minimum atomic E-state index is -1.15. The summed E-state index contributed by atoms with van der Waals surface area (Å²) in [6.07, 6.45) is 4.89. The first-order chi connectivity index (χ1) is 25.1. The third kappa shape index (κ3) is 9.94. The van der Waals surface area contributed by atoms with Crippen molar-refractivity contribution in [2.24, 2.45) is 5.92 Å². The maximum atomic E-state index is 14.5. The molecule has 0 spiro atoms. The van der Waals surface area contributed by atoms with E-state index in [0.29, 0.717) is 5.75 Å². The molecule has 14 heteroatoms. The van der Waals surface area contributed by atoms with Crippen LogP contribution in [-0.4, -0.2) is 102 Å². The predicted molar refractivity (Wildman–Crippen MR) is 193 cm³/mol. The molecule has 4 aromatic rings. The fourth-order valence-electron chi connectivity index (χ4n) is 5.97. The third-order valence-electron chi connectivity index (χ3n) is 8.77. The number of H-pyrrole nitrogens is 1. The number of benzene rings is 2. The second-order valence-electron chi connectivity index (χ2n) is 12.9. The van der Waals surface area contributed by atoms with Crippen LogP contribution in [0.2, 0.25) is 0 Å². The van der Waals surface area contributed by atoms with E-state index in [4.69, 9.17) is 9.47 Å². The highest BCUT2D eigenvalue weighted by atomic mass is 16.5. The maximum absolute atomic E-state index is 14.5. The second-order valence-corrected chi connectivity index (χ2v) is 12.9. The highest BCUT2D eigenvalue weighted by molar-refractivity contribution is 5.99. The lowest BCUT2D eigenvalue weighted by molar-refractivity contribution is -0.141. The van der Waals surface area contributed by atoms with Crippen molar-refractivity contribution >= 4 is 40.4 Å². The first kappa shape index (κ1) is 37.5. The standard InChI is InChI=1S/C38H45N7O7/c1-24(2)34-37(49)40-15-17-52-28-12-10-25(11-13-28)19-31(42-35(47)26-7-6-14-39-21-26)36(48)43-32(20-27-22-41-30-9-5-4-8-29(27)30)38(50)45(16-18-51-3)23-33(46)44-34/h4-14,21-22,24,31-32,34,41H,15-20,23H2,1-3H3,(H,40,49)(H,42,47)(H,43,48)(H,44,46)/t31-,32-,34-/m0/s1. The fourth-order valence-corrected chi connectivity index (χ4v) is 5.97. The van der Waals surface area contributed by atoms with Gasteiger partial charge in [-0.15, -0.1) is 0 Å². The van der Waals surface area contributed by atoms with Gasteiger partial charge in [0.1, 0.15) is 30.5 Å². The summed E-state index contributed by atoms with van der Waals surface area (Å²) in [4.78, 5) is 77.2. The van der Waals surface area contributed by atoms with Crippen molar-refractivity contribution in [3.63, 3.8) is 0 Å². The van der Waals surface area contributed by atoms with Gasteiger partial charge in [-0.25, -0.2) is 0 Å². The molecule has 14 nitrogen and oxygen atoms in total. The highest BCUT2D eigenvalue weighted by Gasteiger charge is 2.33. The number of aromatic amines is 1. The minimum Gasteiger partial charge on any atom is -0.492 e. The normalized spacial score (nSPS) is 19.5. The van der Waals surface area contributed by atoms with Crippen LogP contribution in [0.5, 0.6) is 5.75 Å². The van der Waals surface area contributed by atoms with E-state index in [1.54, 1.807) is 48.8 Å². The van der Waals surface area contributed by atoms with Gasteiger partial charge in [-0.2, -0.15) is 0 Å². The molecule has 3 atom stereocenters. The lowest BCUT2D eigenvalue weighted by Gasteiger charge is -2.30. The van der Waals surface area contributed by atoms with E-state index >= 15 is 0 Å². The Hall–Kier alpha value is -5.76. The number of nitrogens with one attached hydrogen (secondary N) is 5. The monoisotopic (exact) mass is 711 g/mol. The topological polar surface area (TPSA) is 184 Å². The Labute approximate surface area is 302 Å². The lowest BCUT2D eigenvalue weighted by atomic mass is 10.0. The zero-order chi connectivity index (χ0) is 37.0. The molecule has 4 heterocycles. The summed E-state index contributed by atoms with van der Waals surface area (Å²) in [5.74, 6) is -2.30. The molecule has 5 N–H and O–H groups in total. The van der Waals surface area contributed by atoms with Crippen molar-refractivity contribution in [3.05, 3.63) is 95.9 Å². The molecule has 6 rings (SSSR count). The number of fused-ring (bicyclic) bond motifs is 18. The van der Waals surface area contributed by atoms with Gasteiger partial charge in [-0.1, -0.05) is 44.2 Å². The number of nitrogens with zero attached hydrogens (tertiary/aromatic N) is 2. The summed E-state index contributed by atoms with van der Waals surface area (Å²) < 4.78 is 11.1. The number of carbonyl (C=O) groups excluding carboxylic acids is 5. The van der Waals surface area contributed by atoms with Crippen molar-refractivity contribution in [2.75, 3.05) is 40.0 Å². The molecule has 0 radical (unpaired) electrons. The van der Waals surface area contributed by atoms with Crippen LogP contribution in [0.1, 0.15) is 35.3 Å². The third-order valence-corrected chi connectivity index (χ3v) is 8.77. The summed E-state index contributed by atoms with van der Waals surface area (Å²) in [6.45, 7) is 3.74. The Balaban J connectivity index is 1.52.